The van der Waals surface area contributed by atoms with Gasteiger partial charge in [-0.15, -0.1) is 24.0 Å². The summed E-state index contributed by atoms with van der Waals surface area (Å²) in [7, 11) is -3.06. The number of sulfonamides is 1. The largest absolute Gasteiger partial charge is 0.370 e. The number of hydrogen-bond acceptors (Lipinski definition) is 3. The molecule has 0 spiro atoms. The number of nitrogens with two attached hydrogens (primary N) is 1. The van der Waals surface area contributed by atoms with E-state index in [1.165, 1.54) is 16.1 Å². The summed E-state index contributed by atoms with van der Waals surface area (Å²) >= 11 is 0. The van der Waals surface area contributed by atoms with Gasteiger partial charge in [0.2, 0.25) is 10.0 Å². The molecule has 0 atom stereocenters. The van der Waals surface area contributed by atoms with Gasteiger partial charge in [-0.25, -0.2) is 12.7 Å². The molecule has 0 amide bonds. The van der Waals surface area contributed by atoms with Gasteiger partial charge in [0.05, 0.1) is 6.26 Å². The Morgan fingerprint density at radius 2 is 1.87 bits per heavy atom. The van der Waals surface area contributed by atoms with Gasteiger partial charge in [-0.2, -0.15) is 0 Å². The Kier molecular flexibility index (Phi) is 7.75. The van der Waals surface area contributed by atoms with Crippen LogP contribution in [0.1, 0.15) is 18.4 Å². The van der Waals surface area contributed by atoms with Crippen molar-refractivity contribution in [3.8, 4) is 0 Å². The molecule has 1 aromatic rings. The number of aliphatic imine (C=N–C) groups is 1. The average Bonchev–Trinajstić information content (AvgIpc) is 2.47. The third-order valence-electron chi connectivity index (χ3n) is 3.89. The maximum Gasteiger partial charge on any atom is 0.211 e. The van der Waals surface area contributed by atoms with Gasteiger partial charge in [-0.05, 0) is 37.8 Å². The Hall–Kier alpha value is -0.870. The summed E-state index contributed by atoms with van der Waals surface area (Å²) in [5.41, 5.74) is 8.00. The molecule has 1 aliphatic heterocycles. The van der Waals surface area contributed by atoms with Crippen molar-refractivity contribution in [2.24, 2.45) is 16.6 Å². The third-order valence-corrected chi connectivity index (χ3v) is 5.19. The molecule has 1 saturated heterocycles. The van der Waals surface area contributed by atoms with Crippen LogP contribution in [0.25, 0.3) is 0 Å². The molecule has 2 rings (SSSR count). The first kappa shape index (κ1) is 20.2. The molecule has 1 aliphatic rings. The van der Waals surface area contributed by atoms with Gasteiger partial charge in [0.25, 0.3) is 0 Å². The Labute approximate surface area is 155 Å². The second kappa shape index (κ2) is 8.84. The molecule has 0 aliphatic carbocycles. The predicted octanol–water partition coefficient (Wildman–Crippen LogP) is 2.01. The van der Waals surface area contributed by atoms with Crippen LogP contribution in [-0.2, 0) is 10.0 Å². The number of halogens is 1. The first-order valence-corrected chi connectivity index (χ1v) is 9.28. The maximum atomic E-state index is 11.5. The number of aryl methyl sites for hydroxylation is 1. The summed E-state index contributed by atoms with van der Waals surface area (Å²) in [5, 5.41) is 3.06. The molecule has 1 aromatic carbocycles. The number of nitrogens with zero attached hydrogens (tertiary/aromatic N) is 2. The van der Waals surface area contributed by atoms with Gasteiger partial charge in [0.1, 0.15) is 0 Å². The number of benzene rings is 1. The van der Waals surface area contributed by atoms with E-state index in [0.717, 1.165) is 18.5 Å². The van der Waals surface area contributed by atoms with E-state index in [-0.39, 0.29) is 24.0 Å². The van der Waals surface area contributed by atoms with E-state index in [4.69, 9.17) is 5.73 Å². The number of piperidine rings is 1. The van der Waals surface area contributed by atoms with Crippen LogP contribution >= 0.6 is 24.0 Å². The number of hydrogen-bond donors (Lipinski definition) is 2. The molecule has 6 nitrogen and oxygen atoms in total. The lowest BCUT2D eigenvalue weighted by Gasteiger charge is -2.29. The Morgan fingerprint density at radius 3 is 2.39 bits per heavy atom. The minimum atomic E-state index is -3.06. The summed E-state index contributed by atoms with van der Waals surface area (Å²) in [6.07, 6.45) is 2.91. The van der Waals surface area contributed by atoms with Crippen LogP contribution in [-0.4, -0.2) is 44.6 Å². The Bertz CT molecular complexity index is 623. The molecule has 0 unspecified atom stereocenters. The third kappa shape index (κ3) is 6.64. The highest BCUT2D eigenvalue weighted by Crippen LogP contribution is 2.19. The van der Waals surface area contributed by atoms with Crippen LogP contribution in [0.4, 0.5) is 5.69 Å². The van der Waals surface area contributed by atoms with Crippen molar-refractivity contribution in [1.82, 2.24) is 4.31 Å². The molecule has 8 heteroatoms. The molecule has 3 N–H and O–H groups in total. The Balaban J connectivity index is 0.00000264. The SMILES string of the molecule is Cc1ccc(NC(N)=NCC2CCN(S(C)(=O)=O)CC2)cc1.I. The van der Waals surface area contributed by atoms with E-state index in [1.807, 2.05) is 31.2 Å². The monoisotopic (exact) mass is 452 g/mol. The predicted molar refractivity (Wildman–Crippen MR) is 106 cm³/mol. The van der Waals surface area contributed by atoms with Gasteiger partial charge < -0.3 is 11.1 Å². The molecule has 1 fully saturated rings. The summed E-state index contributed by atoms with van der Waals surface area (Å²) in [6.45, 7) is 3.81. The van der Waals surface area contributed by atoms with E-state index in [0.29, 0.717) is 31.5 Å². The molecule has 130 valence electrons. The first-order chi connectivity index (χ1) is 10.3. The van der Waals surface area contributed by atoms with Crippen LogP contribution in [0.5, 0.6) is 0 Å². The highest BCUT2D eigenvalue weighted by Gasteiger charge is 2.24. The topological polar surface area (TPSA) is 87.8 Å². The lowest BCUT2D eigenvalue weighted by Crippen LogP contribution is -2.38. The van der Waals surface area contributed by atoms with Crippen LogP contribution in [0.2, 0.25) is 0 Å². The van der Waals surface area contributed by atoms with Gasteiger partial charge in [0, 0.05) is 25.3 Å². The lowest BCUT2D eigenvalue weighted by molar-refractivity contribution is 0.280. The summed E-state index contributed by atoms with van der Waals surface area (Å²) in [6, 6.07) is 7.94. The molecule has 0 bridgehead atoms. The second-order valence-electron chi connectivity index (χ2n) is 5.82. The molecule has 23 heavy (non-hydrogen) atoms. The van der Waals surface area contributed by atoms with Crippen molar-refractivity contribution < 1.29 is 8.42 Å². The zero-order valence-electron chi connectivity index (χ0n) is 13.5. The van der Waals surface area contributed by atoms with Gasteiger partial charge in [-0.1, -0.05) is 17.7 Å². The highest BCUT2D eigenvalue weighted by molar-refractivity contribution is 14.0. The summed E-state index contributed by atoms with van der Waals surface area (Å²) in [4.78, 5) is 4.37. The number of anilines is 1. The number of guanidine groups is 1. The van der Waals surface area contributed by atoms with E-state index in [9.17, 15) is 8.42 Å². The highest BCUT2D eigenvalue weighted by atomic mass is 127. The first-order valence-electron chi connectivity index (χ1n) is 7.43. The summed E-state index contributed by atoms with van der Waals surface area (Å²) < 4.78 is 24.4. The fourth-order valence-electron chi connectivity index (χ4n) is 2.48. The number of nitrogens with one attached hydrogen (secondary N) is 1. The van der Waals surface area contributed by atoms with E-state index in [2.05, 4.69) is 10.3 Å². The van der Waals surface area contributed by atoms with E-state index >= 15 is 0 Å². The zero-order chi connectivity index (χ0) is 16.2. The van der Waals surface area contributed by atoms with E-state index in [1.54, 1.807) is 0 Å². The van der Waals surface area contributed by atoms with Gasteiger partial charge in [0.15, 0.2) is 5.96 Å². The molecular weight excluding hydrogens is 427 g/mol. The van der Waals surface area contributed by atoms with Crippen molar-refractivity contribution in [2.45, 2.75) is 19.8 Å². The van der Waals surface area contributed by atoms with Crippen molar-refractivity contribution in [3.63, 3.8) is 0 Å². The van der Waals surface area contributed by atoms with Crippen molar-refractivity contribution in [1.29, 1.82) is 0 Å². The normalized spacial score (nSPS) is 17.6. The number of rotatable bonds is 4. The van der Waals surface area contributed by atoms with Crippen molar-refractivity contribution in [3.05, 3.63) is 29.8 Å². The van der Waals surface area contributed by atoms with Crippen LogP contribution < -0.4 is 11.1 Å². The van der Waals surface area contributed by atoms with Crippen molar-refractivity contribution in [2.75, 3.05) is 31.2 Å². The summed E-state index contributed by atoms with van der Waals surface area (Å²) in [5.74, 6) is 0.783. The molecule has 1 heterocycles. The van der Waals surface area contributed by atoms with Crippen LogP contribution in [0, 0.1) is 12.8 Å². The molecular formula is C15H25IN4O2S. The molecule has 0 radical (unpaired) electrons. The van der Waals surface area contributed by atoms with Crippen LogP contribution in [0.3, 0.4) is 0 Å². The van der Waals surface area contributed by atoms with Crippen LogP contribution in [0.15, 0.2) is 29.3 Å². The minimum absolute atomic E-state index is 0. The standard InChI is InChI=1S/C15H24N4O2S.HI/c1-12-3-5-14(6-4-12)18-15(16)17-11-13-7-9-19(10-8-13)22(2,20)21;/h3-6,13H,7-11H2,1-2H3,(H3,16,17,18);1H. The smallest absolute Gasteiger partial charge is 0.211 e. The van der Waals surface area contributed by atoms with Crippen molar-refractivity contribution >= 4 is 45.6 Å². The fraction of sp³-hybridized carbons (Fsp3) is 0.533. The van der Waals surface area contributed by atoms with Gasteiger partial charge in [-0.3, -0.25) is 4.99 Å². The fourth-order valence-corrected chi connectivity index (χ4v) is 3.35. The minimum Gasteiger partial charge on any atom is -0.370 e. The average molecular weight is 452 g/mol. The quantitative estimate of drug-likeness (QED) is 0.416. The molecule has 0 aromatic heterocycles. The Morgan fingerprint density at radius 1 is 1.30 bits per heavy atom. The second-order valence-corrected chi connectivity index (χ2v) is 7.80. The lowest BCUT2D eigenvalue weighted by atomic mass is 9.98. The molecule has 0 saturated carbocycles. The zero-order valence-corrected chi connectivity index (χ0v) is 16.7. The maximum absolute atomic E-state index is 11.5. The van der Waals surface area contributed by atoms with E-state index < -0.39 is 10.0 Å². The van der Waals surface area contributed by atoms with Gasteiger partial charge >= 0.3 is 0 Å².